The number of ether oxygens (including phenoxy) is 1. The van der Waals surface area contributed by atoms with Crippen LogP contribution < -0.4 is 10.1 Å². The van der Waals surface area contributed by atoms with Crippen molar-refractivity contribution in [2.45, 2.75) is 25.4 Å². The molecule has 0 radical (unpaired) electrons. The molecule has 1 aromatic carbocycles. The average molecular weight is 280 g/mol. The van der Waals surface area contributed by atoms with Gasteiger partial charge in [-0.05, 0) is 31.0 Å². The molecule has 1 saturated carbocycles. The third kappa shape index (κ3) is 2.88. The molecule has 6 heteroatoms. The highest BCUT2D eigenvalue weighted by Gasteiger charge is 2.21. The maximum absolute atomic E-state index is 5.98. The van der Waals surface area contributed by atoms with Crippen LogP contribution in [-0.4, -0.2) is 23.3 Å². The standard InChI is InChI=1S/C13H14ClN3O2/c1-18-11-5-2-8(14)6-10(11)13-16-12(17-19-13)7-15-9-3-4-9/h2,5-6,9,15H,3-4,7H2,1H3. The molecule has 1 aromatic heterocycles. The summed E-state index contributed by atoms with van der Waals surface area (Å²) in [5, 5.41) is 7.89. The van der Waals surface area contributed by atoms with Gasteiger partial charge < -0.3 is 14.6 Å². The molecule has 100 valence electrons. The average Bonchev–Trinajstić information content (AvgIpc) is 3.13. The van der Waals surface area contributed by atoms with E-state index in [9.17, 15) is 0 Å². The molecule has 0 bridgehead atoms. The molecule has 0 spiro atoms. The van der Waals surface area contributed by atoms with Gasteiger partial charge >= 0.3 is 0 Å². The molecule has 1 fully saturated rings. The molecule has 19 heavy (non-hydrogen) atoms. The first-order chi connectivity index (χ1) is 9.26. The summed E-state index contributed by atoms with van der Waals surface area (Å²) >= 11 is 5.98. The van der Waals surface area contributed by atoms with E-state index in [4.69, 9.17) is 20.9 Å². The van der Waals surface area contributed by atoms with Crippen LogP contribution in [0.4, 0.5) is 0 Å². The molecular weight excluding hydrogens is 266 g/mol. The number of halogens is 1. The predicted octanol–water partition coefficient (Wildman–Crippen LogP) is 2.65. The number of benzene rings is 1. The van der Waals surface area contributed by atoms with Gasteiger partial charge in [-0.1, -0.05) is 16.8 Å². The van der Waals surface area contributed by atoms with Gasteiger partial charge in [0.2, 0.25) is 0 Å². The lowest BCUT2D eigenvalue weighted by Gasteiger charge is -2.04. The van der Waals surface area contributed by atoms with E-state index in [0.717, 1.165) is 0 Å². The molecular formula is C13H14ClN3O2. The Bertz CT molecular complexity index is 581. The lowest BCUT2D eigenvalue weighted by molar-refractivity contribution is 0.401. The highest BCUT2D eigenvalue weighted by Crippen LogP contribution is 2.31. The highest BCUT2D eigenvalue weighted by molar-refractivity contribution is 6.30. The van der Waals surface area contributed by atoms with Crippen molar-refractivity contribution in [1.82, 2.24) is 15.5 Å². The van der Waals surface area contributed by atoms with Gasteiger partial charge in [0.15, 0.2) is 5.82 Å². The first-order valence-corrected chi connectivity index (χ1v) is 6.54. The lowest BCUT2D eigenvalue weighted by atomic mass is 10.2. The summed E-state index contributed by atoms with van der Waals surface area (Å²) in [6.07, 6.45) is 2.46. The van der Waals surface area contributed by atoms with Crippen molar-refractivity contribution >= 4 is 11.6 Å². The lowest BCUT2D eigenvalue weighted by Crippen LogP contribution is -2.16. The molecule has 0 saturated heterocycles. The molecule has 5 nitrogen and oxygen atoms in total. The van der Waals surface area contributed by atoms with Gasteiger partial charge in [0, 0.05) is 11.1 Å². The van der Waals surface area contributed by atoms with E-state index < -0.39 is 0 Å². The fourth-order valence-electron chi connectivity index (χ4n) is 1.81. The van der Waals surface area contributed by atoms with Crippen molar-refractivity contribution in [3.8, 4) is 17.2 Å². The summed E-state index contributed by atoms with van der Waals surface area (Å²) in [6, 6.07) is 5.91. The number of aromatic nitrogens is 2. The Kier molecular flexibility index (Phi) is 3.40. The van der Waals surface area contributed by atoms with Crippen molar-refractivity contribution in [1.29, 1.82) is 0 Å². The smallest absolute Gasteiger partial charge is 0.261 e. The van der Waals surface area contributed by atoms with Crippen molar-refractivity contribution in [3.05, 3.63) is 29.0 Å². The van der Waals surface area contributed by atoms with Gasteiger partial charge in [0.1, 0.15) is 5.75 Å². The molecule has 0 aliphatic heterocycles. The second kappa shape index (κ2) is 5.19. The topological polar surface area (TPSA) is 60.2 Å². The van der Waals surface area contributed by atoms with E-state index in [1.54, 1.807) is 25.3 Å². The molecule has 1 N–H and O–H groups in total. The van der Waals surface area contributed by atoms with Gasteiger partial charge in [-0.25, -0.2) is 0 Å². The number of methoxy groups -OCH3 is 1. The number of nitrogens with one attached hydrogen (secondary N) is 1. The van der Waals surface area contributed by atoms with Crippen molar-refractivity contribution < 1.29 is 9.26 Å². The maximum Gasteiger partial charge on any atom is 0.261 e. The van der Waals surface area contributed by atoms with Crippen LogP contribution in [0.25, 0.3) is 11.5 Å². The van der Waals surface area contributed by atoms with Crippen LogP contribution in [0, 0.1) is 0 Å². The Labute approximate surface area is 115 Å². The molecule has 1 heterocycles. The molecule has 0 unspecified atom stereocenters. The zero-order valence-electron chi connectivity index (χ0n) is 10.5. The van der Waals surface area contributed by atoms with Crippen LogP contribution in [0.2, 0.25) is 5.02 Å². The van der Waals surface area contributed by atoms with Gasteiger partial charge in [-0.15, -0.1) is 0 Å². The van der Waals surface area contributed by atoms with E-state index >= 15 is 0 Å². The van der Waals surface area contributed by atoms with Crippen molar-refractivity contribution in [3.63, 3.8) is 0 Å². The van der Waals surface area contributed by atoms with Crippen LogP contribution >= 0.6 is 11.6 Å². The maximum atomic E-state index is 5.98. The second-order valence-electron chi connectivity index (χ2n) is 4.52. The zero-order valence-corrected chi connectivity index (χ0v) is 11.3. The van der Waals surface area contributed by atoms with E-state index in [0.29, 0.717) is 40.6 Å². The van der Waals surface area contributed by atoms with Gasteiger partial charge in [-0.2, -0.15) is 4.98 Å². The number of hydrogen-bond acceptors (Lipinski definition) is 5. The van der Waals surface area contributed by atoms with Crippen LogP contribution in [-0.2, 0) is 6.54 Å². The summed E-state index contributed by atoms with van der Waals surface area (Å²) in [5.41, 5.74) is 0.708. The molecule has 1 aliphatic carbocycles. The minimum absolute atomic E-state index is 0.423. The van der Waals surface area contributed by atoms with E-state index in [2.05, 4.69) is 15.5 Å². The monoisotopic (exact) mass is 279 g/mol. The van der Waals surface area contributed by atoms with Crippen molar-refractivity contribution in [2.75, 3.05) is 7.11 Å². The number of hydrogen-bond donors (Lipinski definition) is 1. The molecule has 1 aliphatic rings. The molecule has 0 atom stereocenters. The van der Waals surface area contributed by atoms with Gasteiger partial charge in [0.05, 0.1) is 19.2 Å². The predicted molar refractivity (Wildman–Crippen MR) is 71.2 cm³/mol. The van der Waals surface area contributed by atoms with Crippen LogP contribution in [0.15, 0.2) is 22.7 Å². The third-order valence-electron chi connectivity index (χ3n) is 2.99. The van der Waals surface area contributed by atoms with E-state index in [1.807, 2.05) is 0 Å². The molecule has 3 rings (SSSR count). The summed E-state index contributed by atoms with van der Waals surface area (Å²) in [4.78, 5) is 4.35. The fourth-order valence-corrected chi connectivity index (χ4v) is 1.98. The quantitative estimate of drug-likeness (QED) is 0.912. The number of nitrogens with zero attached hydrogens (tertiary/aromatic N) is 2. The normalized spacial score (nSPS) is 14.6. The number of rotatable bonds is 5. The summed E-state index contributed by atoms with van der Waals surface area (Å²) in [5.74, 6) is 1.73. The SMILES string of the molecule is COc1ccc(Cl)cc1-c1nc(CNC2CC2)no1. The Morgan fingerprint density at radius 1 is 1.47 bits per heavy atom. The Morgan fingerprint density at radius 2 is 2.32 bits per heavy atom. The van der Waals surface area contributed by atoms with Crippen LogP contribution in [0.3, 0.4) is 0 Å². The third-order valence-corrected chi connectivity index (χ3v) is 3.22. The Hall–Kier alpha value is -1.59. The van der Waals surface area contributed by atoms with Gasteiger partial charge in [0.25, 0.3) is 5.89 Å². The molecule has 2 aromatic rings. The summed E-state index contributed by atoms with van der Waals surface area (Å²) in [7, 11) is 1.60. The zero-order chi connectivity index (χ0) is 13.2. The summed E-state index contributed by atoms with van der Waals surface area (Å²) < 4.78 is 10.5. The first-order valence-electron chi connectivity index (χ1n) is 6.16. The second-order valence-corrected chi connectivity index (χ2v) is 4.95. The fraction of sp³-hybridized carbons (Fsp3) is 0.385. The minimum atomic E-state index is 0.423. The Balaban J connectivity index is 1.82. The van der Waals surface area contributed by atoms with E-state index in [1.165, 1.54) is 12.8 Å². The Morgan fingerprint density at radius 3 is 3.05 bits per heavy atom. The first kappa shape index (κ1) is 12.4. The minimum Gasteiger partial charge on any atom is -0.496 e. The highest BCUT2D eigenvalue weighted by atomic mass is 35.5. The summed E-state index contributed by atoms with van der Waals surface area (Å²) in [6.45, 7) is 0.622. The van der Waals surface area contributed by atoms with E-state index in [-0.39, 0.29) is 0 Å². The molecule has 0 amide bonds. The largest absolute Gasteiger partial charge is 0.496 e. The van der Waals surface area contributed by atoms with Gasteiger partial charge in [-0.3, -0.25) is 0 Å². The van der Waals surface area contributed by atoms with Crippen molar-refractivity contribution in [2.24, 2.45) is 0 Å². The van der Waals surface area contributed by atoms with Crippen LogP contribution in [0.5, 0.6) is 5.75 Å². The van der Waals surface area contributed by atoms with Crippen LogP contribution in [0.1, 0.15) is 18.7 Å².